The Bertz CT molecular complexity index is 178. The summed E-state index contributed by atoms with van der Waals surface area (Å²) in [6.07, 6.45) is 2.77. The molecule has 2 N–H and O–H groups in total. The molecule has 1 atom stereocenters. The van der Waals surface area contributed by atoms with Gasteiger partial charge in [-0.25, -0.2) is 0 Å². The van der Waals surface area contributed by atoms with Crippen molar-refractivity contribution in [3.05, 3.63) is 0 Å². The molecule has 1 rings (SSSR count). The van der Waals surface area contributed by atoms with Gasteiger partial charge in [-0.15, -0.1) is 0 Å². The molecule has 0 saturated carbocycles. The van der Waals surface area contributed by atoms with Crippen LogP contribution in [0.3, 0.4) is 0 Å². The van der Waals surface area contributed by atoms with E-state index in [-0.39, 0.29) is 0 Å². The maximum atomic E-state index is 11.6. The number of hydrogen-bond acceptors (Lipinski definition) is 2. The minimum absolute atomic E-state index is 0.296. The van der Waals surface area contributed by atoms with E-state index in [1.54, 1.807) is 0 Å². The van der Waals surface area contributed by atoms with Crippen LogP contribution in [0, 0.1) is 5.92 Å². The fraction of sp³-hybridized carbons (Fsp3) is 0.900. The topological polar surface area (TPSA) is 46.3 Å². The second kappa shape index (κ2) is 4.61. The maximum Gasteiger partial charge on any atom is 0.223 e. The van der Waals surface area contributed by atoms with Gasteiger partial charge >= 0.3 is 0 Å². The molecule has 76 valence electrons. The summed E-state index contributed by atoms with van der Waals surface area (Å²) >= 11 is 0. The van der Waals surface area contributed by atoms with Gasteiger partial charge in [0.15, 0.2) is 0 Å². The molecule has 1 fully saturated rings. The van der Waals surface area contributed by atoms with E-state index in [4.69, 9.17) is 5.73 Å². The van der Waals surface area contributed by atoms with Crippen molar-refractivity contribution < 1.29 is 4.79 Å². The van der Waals surface area contributed by atoms with Crippen molar-refractivity contribution in [1.82, 2.24) is 4.90 Å². The molecule has 0 radical (unpaired) electrons. The summed E-state index contributed by atoms with van der Waals surface area (Å²) in [6.45, 7) is 5.79. The van der Waals surface area contributed by atoms with Crippen molar-refractivity contribution in [2.45, 2.75) is 39.2 Å². The van der Waals surface area contributed by atoms with Crippen LogP contribution in [0.5, 0.6) is 0 Å². The third kappa shape index (κ3) is 2.21. The predicted molar refractivity (Wildman–Crippen MR) is 53.2 cm³/mol. The molecule has 1 saturated heterocycles. The fourth-order valence-corrected chi connectivity index (χ4v) is 2.05. The van der Waals surface area contributed by atoms with Crippen LogP contribution in [-0.4, -0.2) is 29.9 Å². The molecule has 1 unspecified atom stereocenters. The molecule has 1 heterocycles. The minimum Gasteiger partial charge on any atom is -0.339 e. The van der Waals surface area contributed by atoms with Crippen molar-refractivity contribution in [2.75, 3.05) is 13.1 Å². The highest BCUT2D eigenvalue weighted by Crippen LogP contribution is 2.21. The number of likely N-dealkylation sites (tertiary alicyclic amines) is 1. The van der Waals surface area contributed by atoms with Gasteiger partial charge in [0.2, 0.25) is 5.91 Å². The summed E-state index contributed by atoms with van der Waals surface area (Å²) in [7, 11) is 0. The molecule has 0 aromatic heterocycles. The SMILES string of the molecule is CCC(CC)N1CC(CN)CC1=O. The molecule has 0 bridgehead atoms. The van der Waals surface area contributed by atoms with E-state index >= 15 is 0 Å². The number of rotatable bonds is 4. The predicted octanol–water partition coefficient (Wildman–Crippen LogP) is 0.982. The molecule has 1 aliphatic rings. The van der Waals surface area contributed by atoms with Crippen molar-refractivity contribution in [3.8, 4) is 0 Å². The standard InChI is InChI=1S/C10H20N2O/c1-3-9(4-2)12-7-8(6-11)5-10(12)13/h8-9H,3-7,11H2,1-2H3. The number of hydrogen-bond donors (Lipinski definition) is 1. The van der Waals surface area contributed by atoms with Gasteiger partial charge in [0.1, 0.15) is 0 Å². The average molecular weight is 184 g/mol. The van der Waals surface area contributed by atoms with Crippen LogP contribution in [0.15, 0.2) is 0 Å². The second-order valence-electron chi connectivity index (χ2n) is 3.82. The lowest BCUT2D eigenvalue weighted by atomic mass is 10.1. The van der Waals surface area contributed by atoms with Crippen LogP contribution < -0.4 is 5.73 Å². The molecule has 0 aliphatic carbocycles. The first-order valence-corrected chi connectivity index (χ1v) is 5.22. The highest BCUT2D eigenvalue weighted by molar-refractivity contribution is 5.79. The van der Waals surface area contributed by atoms with Gasteiger partial charge in [-0.05, 0) is 25.3 Å². The van der Waals surface area contributed by atoms with Crippen molar-refractivity contribution in [2.24, 2.45) is 11.7 Å². The second-order valence-corrected chi connectivity index (χ2v) is 3.82. The lowest BCUT2D eigenvalue weighted by Gasteiger charge is -2.26. The van der Waals surface area contributed by atoms with Gasteiger partial charge in [0.05, 0.1) is 0 Å². The molecule has 0 spiro atoms. The molecule has 13 heavy (non-hydrogen) atoms. The Morgan fingerprint density at radius 3 is 2.54 bits per heavy atom. The number of carbonyl (C=O) groups is 1. The molecule has 0 aromatic carbocycles. The van der Waals surface area contributed by atoms with Crippen LogP contribution in [0.25, 0.3) is 0 Å². The van der Waals surface area contributed by atoms with E-state index in [9.17, 15) is 4.79 Å². The molecular formula is C10H20N2O. The lowest BCUT2D eigenvalue weighted by molar-refractivity contribution is -0.129. The zero-order valence-corrected chi connectivity index (χ0v) is 8.62. The summed E-state index contributed by atoms with van der Waals surface area (Å²) < 4.78 is 0. The summed E-state index contributed by atoms with van der Waals surface area (Å²) in [4.78, 5) is 13.6. The number of nitrogens with two attached hydrogens (primary N) is 1. The quantitative estimate of drug-likeness (QED) is 0.708. The van der Waals surface area contributed by atoms with Crippen LogP contribution in [0.4, 0.5) is 0 Å². The molecule has 1 amide bonds. The van der Waals surface area contributed by atoms with Gasteiger partial charge in [0.25, 0.3) is 0 Å². The van der Waals surface area contributed by atoms with E-state index in [1.807, 2.05) is 4.90 Å². The van der Waals surface area contributed by atoms with Gasteiger partial charge in [-0.2, -0.15) is 0 Å². The van der Waals surface area contributed by atoms with E-state index in [1.165, 1.54) is 0 Å². The van der Waals surface area contributed by atoms with Crippen molar-refractivity contribution in [3.63, 3.8) is 0 Å². The van der Waals surface area contributed by atoms with E-state index in [0.717, 1.165) is 19.4 Å². The number of amides is 1. The first-order valence-electron chi connectivity index (χ1n) is 5.22. The minimum atomic E-state index is 0.296. The van der Waals surface area contributed by atoms with Gasteiger partial charge in [0, 0.05) is 19.0 Å². The van der Waals surface area contributed by atoms with Crippen LogP contribution in [0.1, 0.15) is 33.1 Å². The summed E-state index contributed by atoms with van der Waals surface area (Å²) in [5.74, 6) is 0.692. The molecule has 0 aromatic rings. The summed E-state index contributed by atoms with van der Waals surface area (Å²) in [6, 6.07) is 0.434. The first-order chi connectivity index (χ1) is 6.22. The van der Waals surface area contributed by atoms with Crippen molar-refractivity contribution in [1.29, 1.82) is 0 Å². The van der Waals surface area contributed by atoms with Gasteiger partial charge in [-0.1, -0.05) is 13.8 Å². The maximum absolute atomic E-state index is 11.6. The fourth-order valence-electron chi connectivity index (χ4n) is 2.05. The molecule has 1 aliphatic heterocycles. The largest absolute Gasteiger partial charge is 0.339 e. The molecule has 3 nitrogen and oxygen atoms in total. The average Bonchev–Trinajstić information content (AvgIpc) is 2.50. The van der Waals surface area contributed by atoms with Gasteiger partial charge in [-0.3, -0.25) is 4.79 Å². The number of nitrogens with zero attached hydrogens (tertiary/aromatic N) is 1. The molecule has 3 heteroatoms. The van der Waals surface area contributed by atoms with E-state index in [0.29, 0.717) is 30.8 Å². The van der Waals surface area contributed by atoms with Crippen LogP contribution >= 0.6 is 0 Å². The third-order valence-electron chi connectivity index (χ3n) is 2.96. The Morgan fingerprint density at radius 2 is 2.15 bits per heavy atom. The monoisotopic (exact) mass is 184 g/mol. The van der Waals surface area contributed by atoms with Crippen LogP contribution in [-0.2, 0) is 4.79 Å². The molecular weight excluding hydrogens is 164 g/mol. The highest BCUT2D eigenvalue weighted by Gasteiger charge is 2.31. The van der Waals surface area contributed by atoms with Crippen LogP contribution in [0.2, 0.25) is 0 Å². The van der Waals surface area contributed by atoms with E-state index in [2.05, 4.69) is 13.8 Å². The lowest BCUT2D eigenvalue weighted by Crippen LogP contribution is -2.36. The Balaban J connectivity index is 2.55. The highest BCUT2D eigenvalue weighted by atomic mass is 16.2. The zero-order valence-electron chi connectivity index (χ0n) is 8.62. The van der Waals surface area contributed by atoms with Gasteiger partial charge < -0.3 is 10.6 Å². The smallest absolute Gasteiger partial charge is 0.223 e. The summed E-state index contributed by atoms with van der Waals surface area (Å²) in [5.41, 5.74) is 5.56. The Hall–Kier alpha value is -0.570. The zero-order chi connectivity index (χ0) is 9.84. The Labute approximate surface area is 80.3 Å². The van der Waals surface area contributed by atoms with Crippen molar-refractivity contribution >= 4 is 5.91 Å². The summed E-state index contributed by atoms with van der Waals surface area (Å²) in [5, 5.41) is 0. The van der Waals surface area contributed by atoms with E-state index < -0.39 is 0 Å². The third-order valence-corrected chi connectivity index (χ3v) is 2.96. The normalized spacial score (nSPS) is 23.2. The first kappa shape index (κ1) is 10.5. The number of carbonyl (C=O) groups excluding carboxylic acids is 1. The Morgan fingerprint density at radius 1 is 1.54 bits per heavy atom. The Kier molecular flexibility index (Phi) is 3.72.